The number of hydrogen-bond acceptors (Lipinski definition) is 7. The lowest BCUT2D eigenvalue weighted by molar-refractivity contribution is -0.140. The van der Waals surface area contributed by atoms with Crippen LogP contribution in [0.2, 0.25) is 5.02 Å². The maximum Gasteiger partial charge on any atom is 0.320 e. The first-order chi connectivity index (χ1) is 15.5. The third kappa shape index (κ3) is 6.99. The highest BCUT2D eigenvalue weighted by molar-refractivity contribution is 7.90. The maximum atomic E-state index is 12.5. The molecule has 11 heteroatoms. The maximum absolute atomic E-state index is 12.5. The summed E-state index contributed by atoms with van der Waals surface area (Å²) in [6.45, 7) is 1.77. The highest BCUT2D eigenvalue weighted by Crippen LogP contribution is 2.35. The number of carboxylic acids is 1. The molecule has 1 heterocycles. The first-order valence-electron chi connectivity index (χ1n) is 10.8. The fourth-order valence-corrected chi connectivity index (χ4v) is 6.22. The van der Waals surface area contributed by atoms with Gasteiger partial charge in [0.2, 0.25) is 5.91 Å². The average molecular weight is 514 g/mol. The van der Waals surface area contributed by atoms with E-state index in [1.807, 2.05) is 0 Å². The molecular formula is C22H28ClN3O5S2. The number of benzene rings is 1. The Morgan fingerprint density at radius 2 is 1.97 bits per heavy atom. The van der Waals surface area contributed by atoms with Crippen molar-refractivity contribution in [2.75, 3.05) is 11.6 Å². The van der Waals surface area contributed by atoms with E-state index >= 15 is 0 Å². The van der Waals surface area contributed by atoms with Crippen LogP contribution in [-0.4, -0.2) is 48.7 Å². The number of hydrogen-bond donors (Lipinski definition) is 3. The van der Waals surface area contributed by atoms with Crippen molar-refractivity contribution in [3.8, 4) is 10.4 Å². The van der Waals surface area contributed by atoms with Crippen molar-refractivity contribution < 1.29 is 23.1 Å². The number of sulfone groups is 1. The predicted molar refractivity (Wildman–Crippen MR) is 130 cm³/mol. The Bertz CT molecular complexity index is 1130. The zero-order valence-electron chi connectivity index (χ0n) is 18.6. The van der Waals surface area contributed by atoms with E-state index in [9.17, 15) is 23.1 Å². The number of anilines is 1. The largest absolute Gasteiger partial charge is 0.480 e. The minimum absolute atomic E-state index is 0.0326. The second-order valence-corrected chi connectivity index (χ2v) is 11.7. The molecule has 8 nitrogen and oxygen atoms in total. The van der Waals surface area contributed by atoms with Crippen molar-refractivity contribution in [1.29, 1.82) is 0 Å². The summed E-state index contributed by atoms with van der Waals surface area (Å²) < 4.78 is 23.9. The molecule has 0 aliphatic heterocycles. The van der Waals surface area contributed by atoms with Gasteiger partial charge in [0.15, 0.2) is 15.0 Å². The minimum Gasteiger partial charge on any atom is -0.480 e. The first-order valence-corrected chi connectivity index (χ1v) is 13.9. The second kappa shape index (κ2) is 10.9. The highest BCUT2D eigenvalue weighted by atomic mass is 35.5. The quantitative estimate of drug-likeness (QED) is 0.457. The van der Waals surface area contributed by atoms with E-state index in [1.54, 1.807) is 13.0 Å². The number of carboxylic acid groups (broad SMARTS) is 1. The van der Waals surface area contributed by atoms with Crippen molar-refractivity contribution in [2.24, 2.45) is 0 Å². The zero-order chi connectivity index (χ0) is 24.2. The highest BCUT2D eigenvalue weighted by Gasteiger charge is 2.24. The standard InChI is InChI=1S/C22H28ClN3O5S2/c1-13-20(14-8-9-16(23)18(12-14)33(2,30)31)32-22(24-13)26-19(27)11-10-17(21(28)29)25-15-6-4-3-5-7-15/h8-9,12,15,17,25H,3-7,10-11H2,1-2H3,(H,28,29)(H,24,26,27)/t17-/m0/s1. The number of aliphatic carboxylic acids is 1. The summed E-state index contributed by atoms with van der Waals surface area (Å²) in [6, 6.07) is 4.14. The number of aromatic nitrogens is 1. The Labute approximate surface area is 202 Å². The van der Waals surface area contributed by atoms with Gasteiger partial charge >= 0.3 is 5.97 Å². The molecule has 0 unspecified atom stereocenters. The molecule has 0 radical (unpaired) electrons. The van der Waals surface area contributed by atoms with Crippen LogP contribution in [0.25, 0.3) is 10.4 Å². The van der Waals surface area contributed by atoms with E-state index in [2.05, 4.69) is 15.6 Å². The Morgan fingerprint density at radius 1 is 1.27 bits per heavy atom. The molecule has 1 atom stereocenters. The topological polar surface area (TPSA) is 125 Å². The zero-order valence-corrected chi connectivity index (χ0v) is 20.9. The van der Waals surface area contributed by atoms with Crippen molar-refractivity contribution in [3.05, 3.63) is 28.9 Å². The fourth-order valence-electron chi connectivity index (χ4n) is 3.94. The van der Waals surface area contributed by atoms with Gasteiger partial charge in [-0.05, 0) is 43.9 Å². The van der Waals surface area contributed by atoms with Gasteiger partial charge in [-0.15, -0.1) is 0 Å². The summed E-state index contributed by atoms with van der Waals surface area (Å²) in [6.07, 6.45) is 6.61. The SMILES string of the molecule is Cc1nc(NC(=O)CC[C@H](NC2CCCCC2)C(=O)O)sc1-c1ccc(Cl)c(S(C)(=O)=O)c1. The number of rotatable bonds is 9. The van der Waals surface area contributed by atoms with Gasteiger partial charge in [-0.3, -0.25) is 9.59 Å². The lowest BCUT2D eigenvalue weighted by Crippen LogP contribution is -2.44. The molecule has 1 aliphatic rings. The van der Waals surface area contributed by atoms with Crippen molar-refractivity contribution in [2.45, 2.75) is 68.8 Å². The van der Waals surface area contributed by atoms with E-state index in [4.69, 9.17) is 11.6 Å². The van der Waals surface area contributed by atoms with Crippen molar-refractivity contribution >= 4 is 49.8 Å². The van der Waals surface area contributed by atoms with E-state index in [0.29, 0.717) is 21.3 Å². The van der Waals surface area contributed by atoms with Crippen LogP contribution in [0.3, 0.4) is 0 Å². The summed E-state index contributed by atoms with van der Waals surface area (Å²) >= 11 is 7.25. The van der Waals surface area contributed by atoms with Crippen LogP contribution in [-0.2, 0) is 19.4 Å². The third-order valence-electron chi connectivity index (χ3n) is 5.64. The first kappa shape index (κ1) is 25.6. The van der Waals surface area contributed by atoms with Crippen molar-refractivity contribution in [1.82, 2.24) is 10.3 Å². The molecule has 2 aromatic rings. The summed E-state index contributed by atoms with van der Waals surface area (Å²) in [4.78, 5) is 29.2. The number of thiazole rings is 1. The molecule has 1 saturated carbocycles. The Kier molecular flexibility index (Phi) is 8.49. The van der Waals surface area contributed by atoms with E-state index in [1.165, 1.54) is 29.9 Å². The summed E-state index contributed by atoms with van der Waals surface area (Å²) in [7, 11) is -3.49. The van der Waals surface area contributed by atoms with Gasteiger partial charge in [0.25, 0.3) is 0 Å². The smallest absolute Gasteiger partial charge is 0.320 e. The van der Waals surface area contributed by atoms with Gasteiger partial charge in [-0.25, -0.2) is 13.4 Å². The Hall–Kier alpha value is -2.01. The number of aryl methyl sites for hydroxylation is 1. The van der Waals surface area contributed by atoms with Gasteiger partial charge in [0.05, 0.1) is 20.5 Å². The molecule has 3 rings (SSSR count). The molecule has 0 bridgehead atoms. The van der Waals surface area contributed by atoms with Gasteiger partial charge in [0, 0.05) is 18.7 Å². The molecular weight excluding hydrogens is 486 g/mol. The van der Waals surface area contributed by atoms with Gasteiger partial charge in [-0.2, -0.15) is 0 Å². The van der Waals surface area contributed by atoms with E-state index < -0.39 is 21.8 Å². The molecule has 1 aromatic heterocycles. The summed E-state index contributed by atoms with van der Waals surface area (Å²) in [5.41, 5.74) is 1.28. The number of carbonyl (C=O) groups excluding carboxylic acids is 1. The number of nitrogens with zero attached hydrogens (tertiary/aromatic N) is 1. The molecule has 3 N–H and O–H groups in total. The lowest BCUT2D eigenvalue weighted by atomic mass is 9.94. The minimum atomic E-state index is -3.49. The van der Waals surface area contributed by atoms with Gasteiger partial charge < -0.3 is 15.7 Å². The molecule has 1 amide bonds. The van der Waals surface area contributed by atoms with E-state index in [-0.39, 0.29) is 34.7 Å². The number of carbonyl (C=O) groups is 2. The molecule has 1 aromatic carbocycles. The lowest BCUT2D eigenvalue weighted by Gasteiger charge is -2.26. The molecule has 1 aliphatic carbocycles. The number of amides is 1. The van der Waals surface area contributed by atoms with Crippen LogP contribution in [0.1, 0.15) is 50.6 Å². The number of nitrogens with one attached hydrogen (secondary N) is 2. The van der Waals surface area contributed by atoms with Crippen LogP contribution >= 0.6 is 22.9 Å². The van der Waals surface area contributed by atoms with Crippen LogP contribution in [0, 0.1) is 6.92 Å². The molecule has 0 spiro atoms. The average Bonchev–Trinajstić information content (AvgIpc) is 3.11. The number of halogens is 1. The molecule has 180 valence electrons. The monoisotopic (exact) mass is 513 g/mol. The normalized spacial score (nSPS) is 15.8. The Balaban J connectivity index is 1.64. The Morgan fingerprint density at radius 3 is 2.61 bits per heavy atom. The van der Waals surface area contributed by atoms with Crippen molar-refractivity contribution in [3.63, 3.8) is 0 Å². The predicted octanol–water partition coefficient (Wildman–Crippen LogP) is 4.27. The van der Waals surface area contributed by atoms with E-state index in [0.717, 1.165) is 31.9 Å². The molecule has 1 fully saturated rings. The van der Waals surface area contributed by atoms with Gasteiger partial charge in [-0.1, -0.05) is 48.3 Å². The fraction of sp³-hybridized carbons (Fsp3) is 0.500. The summed E-state index contributed by atoms with van der Waals surface area (Å²) in [5.74, 6) is -1.27. The van der Waals surface area contributed by atoms with Crippen LogP contribution in [0.4, 0.5) is 5.13 Å². The summed E-state index contributed by atoms with van der Waals surface area (Å²) in [5, 5.41) is 15.9. The van der Waals surface area contributed by atoms with Gasteiger partial charge in [0.1, 0.15) is 6.04 Å². The second-order valence-electron chi connectivity index (χ2n) is 8.33. The molecule has 0 saturated heterocycles. The molecule has 33 heavy (non-hydrogen) atoms. The van der Waals surface area contributed by atoms with Crippen LogP contribution in [0.5, 0.6) is 0 Å². The van der Waals surface area contributed by atoms with Crippen LogP contribution in [0.15, 0.2) is 23.1 Å². The van der Waals surface area contributed by atoms with Crippen LogP contribution < -0.4 is 10.6 Å². The third-order valence-corrected chi connectivity index (χ3v) is 8.34.